The SMILES string of the molecule is NC[C@H](NC(=O)c1ccc(C#CC#Cc2ccc(O)cc2)cc1)C(=O)NO. The highest BCUT2D eigenvalue weighted by atomic mass is 16.5. The number of phenolic OH excluding ortho intramolecular Hbond substituents is 1. The summed E-state index contributed by atoms with van der Waals surface area (Å²) >= 11 is 0. The van der Waals surface area contributed by atoms with Crippen LogP contribution in [0.15, 0.2) is 48.5 Å². The first-order chi connectivity index (χ1) is 13.0. The molecule has 0 radical (unpaired) electrons. The van der Waals surface area contributed by atoms with Crippen LogP contribution in [0.4, 0.5) is 0 Å². The molecule has 0 saturated heterocycles. The molecule has 0 aliphatic heterocycles. The van der Waals surface area contributed by atoms with Crippen LogP contribution < -0.4 is 16.5 Å². The molecule has 0 aliphatic carbocycles. The van der Waals surface area contributed by atoms with Gasteiger partial charge in [0.25, 0.3) is 11.8 Å². The Hall–Kier alpha value is -3.78. The van der Waals surface area contributed by atoms with Gasteiger partial charge >= 0.3 is 0 Å². The van der Waals surface area contributed by atoms with Gasteiger partial charge in [0.05, 0.1) is 0 Å². The average molecular weight is 363 g/mol. The Balaban J connectivity index is 2.00. The van der Waals surface area contributed by atoms with Crippen molar-refractivity contribution in [2.24, 2.45) is 5.73 Å². The molecule has 27 heavy (non-hydrogen) atoms. The van der Waals surface area contributed by atoms with Gasteiger partial charge in [-0.15, -0.1) is 0 Å². The molecule has 7 heteroatoms. The molecule has 0 unspecified atom stereocenters. The molecule has 2 amide bonds. The molecular formula is C20H17N3O4. The zero-order valence-electron chi connectivity index (χ0n) is 14.2. The Labute approximate surface area is 156 Å². The number of carbonyl (C=O) groups excluding carboxylic acids is 2. The van der Waals surface area contributed by atoms with E-state index in [-0.39, 0.29) is 12.3 Å². The second-order valence-electron chi connectivity index (χ2n) is 5.36. The van der Waals surface area contributed by atoms with Crippen LogP contribution in [0.25, 0.3) is 0 Å². The fourth-order valence-electron chi connectivity index (χ4n) is 2.01. The predicted molar refractivity (Wildman–Crippen MR) is 98.5 cm³/mol. The average Bonchev–Trinajstić information content (AvgIpc) is 2.70. The quantitative estimate of drug-likeness (QED) is 0.305. The summed E-state index contributed by atoms with van der Waals surface area (Å²) < 4.78 is 0. The highest BCUT2D eigenvalue weighted by Gasteiger charge is 2.19. The zero-order valence-corrected chi connectivity index (χ0v) is 14.2. The summed E-state index contributed by atoms with van der Waals surface area (Å²) in [6.45, 7) is -0.151. The lowest BCUT2D eigenvalue weighted by atomic mass is 10.1. The van der Waals surface area contributed by atoms with Gasteiger partial charge in [0.15, 0.2) is 0 Å². The van der Waals surface area contributed by atoms with Crippen LogP contribution in [-0.2, 0) is 4.79 Å². The van der Waals surface area contributed by atoms with Crippen molar-refractivity contribution in [3.63, 3.8) is 0 Å². The lowest BCUT2D eigenvalue weighted by molar-refractivity contribution is -0.130. The standard InChI is InChI=1S/C20H17N3O4/c21-13-18(20(26)23-27)22-19(25)16-9-5-14(6-10-16)3-1-2-4-15-7-11-17(24)12-8-15/h5-12,18,24,27H,13,21H2,(H,22,25)(H,23,26)/t18-/m0/s1. The summed E-state index contributed by atoms with van der Waals surface area (Å²) in [5.74, 6) is 9.99. The molecule has 6 N–H and O–H groups in total. The molecule has 0 heterocycles. The molecule has 2 aromatic rings. The Kier molecular flexibility index (Phi) is 6.98. The number of phenols is 1. The van der Waals surface area contributed by atoms with E-state index in [2.05, 4.69) is 29.0 Å². The monoisotopic (exact) mass is 363 g/mol. The van der Waals surface area contributed by atoms with Crippen LogP contribution >= 0.6 is 0 Å². The lowest BCUT2D eigenvalue weighted by Crippen LogP contribution is -2.50. The highest BCUT2D eigenvalue weighted by Crippen LogP contribution is 2.08. The number of nitrogens with one attached hydrogen (secondary N) is 2. The molecule has 7 nitrogen and oxygen atoms in total. The van der Waals surface area contributed by atoms with Gasteiger partial charge in [-0.25, -0.2) is 5.48 Å². The second kappa shape index (κ2) is 9.64. The van der Waals surface area contributed by atoms with Crippen molar-refractivity contribution < 1.29 is 19.9 Å². The van der Waals surface area contributed by atoms with Crippen molar-refractivity contribution in [2.75, 3.05) is 6.54 Å². The fourth-order valence-corrected chi connectivity index (χ4v) is 2.01. The topological polar surface area (TPSA) is 125 Å². The van der Waals surface area contributed by atoms with Gasteiger partial charge in [0.1, 0.15) is 11.8 Å². The summed E-state index contributed by atoms with van der Waals surface area (Å²) in [7, 11) is 0. The minimum atomic E-state index is -1.03. The van der Waals surface area contributed by atoms with Gasteiger partial charge in [0.2, 0.25) is 0 Å². The third-order valence-electron chi connectivity index (χ3n) is 3.46. The van der Waals surface area contributed by atoms with Gasteiger partial charge in [-0.2, -0.15) is 0 Å². The van der Waals surface area contributed by atoms with Crippen LogP contribution in [0.5, 0.6) is 5.75 Å². The first kappa shape index (κ1) is 19.5. The minimum Gasteiger partial charge on any atom is -0.508 e. The number of carbonyl (C=O) groups is 2. The lowest BCUT2D eigenvalue weighted by Gasteiger charge is -2.14. The van der Waals surface area contributed by atoms with Crippen molar-refractivity contribution in [3.8, 4) is 29.4 Å². The van der Waals surface area contributed by atoms with E-state index in [9.17, 15) is 14.7 Å². The molecule has 2 aromatic carbocycles. The van der Waals surface area contributed by atoms with Crippen LogP contribution in [0.3, 0.4) is 0 Å². The number of aromatic hydroxyl groups is 1. The summed E-state index contributed by atoms with van der Waals surface area (Å²) in [6, 6.07) is 11.8. The number of hydrogen-bond acceptors (Lipinski definition) is 5. The third kappa shape index (κ3) is 5.91. The normalized spacial score (nSPS) is 10.4. The number of nitrogens with two attached hydrogens (primary N) is 1. The molecule has 0 saturated carbocycles. The molecule has 136 valence electrons. The number of benzene rings is 2. The Morgan fingerprint density at radius 2 is 1.48 bits per heavy atom. The van der Waals surface area contributed by atoms with E-state index in [1.54, 1.807) is 48.5 Å². The van der Waals surface area contributed by atoms with Gasteiger partial charge in [-0.05, 0) is 60.4 Å². The molecule has 0 fully saturated rings. The van der Waals surface area contributed by atoms with Crippen molar-refractivity contribution >= 4 is 11.8 Å². The van der Waals surface area contributed by atoms with E-state index in [0.717, 1.165) is 5.56 Å². The van der Waals surface area contributed by atoms with Crippen LogP contribution in [0.1, 0.15) is 21.5 Å². The number of amides is 2. The fraction of sp³-hybridized carbons (Fsp3) is 0.100. The van der Waals surface area contributed by atoms with Crippen molar-refractivity contribution in [3.05, 3.63) is 65.2 Å². The van der Waals surface area contributed by atoms with Crippen molar-refractivity contribution in [1.82, 2.24) is 10.8 Å². The minimum absolute atomic E-state index is 0.151. The number of rotatable bonds is 4. The molecule has 2 rings (SSSR count). The van der Waals surface area contributed by atoms with E-state index in [0.29, 0.717) is 11.1 Å². The van der Waals surface area contributed by atoms with Gasteiger partial charge in [0, 0.05) is 23.2 Å². The molecule has 0 spiro atoms. The summed E-state index contributed by atoms with van der Waals surface area (Å²) in [4.78, 5) is 23.4. The highest BCUT2D eigenvalue weighted by molar-refractivity contribution is 5.97. The Morgan fingerprint density at radius 3 is 1.96 bits per heavy atom. The summed E-state index contributed by atoms with van der Waals surface area (Å²) in [5, 5.41) is 20.2. The summed E-state index contributed by atoms with van der Waals surface area (Å²) in [5.41, 5.74) is 8.55. The maximum Gasteiger partial charge on any atom is 0.267 e. The van der Waals surface area contributed by atoms with Crippen molar-refractivity contribution in [2.45, 2.75) is 6.04 Å². The predicted octanol–water partition coefficient (Wildman–Crippen LogP) is 0.358. The molecule has 0 aliphatic rings. The maximum atomic E-state index is 12.1. The molecule has 0 aromatic heterocycles. The van der Waals surface area contributed by atoms with Crippen LogP contribution in [0.2, 0.25) is 0 Å². The second-order valence-corrected chi connectivity index (χ2v) is 5.36. The number of hydrogen-bond donors (Lipinski definition) is 5. The van der Waals surface area contributed by atoms with E-state index < -0.39 is 17.9 Å². The smallest absolute Gasteiger partial charge is 0.267 e. The Bertz CT molecular complexity index is 930. The zero-order chi connectivity index (χ0) is 19.6. The van der Waals surface area contributed by atoms with Gasteiger partial charge < -0.3 is 16.2 Å². The van der Waals surface area contributed by atoms with Crippen LogP contribution in [0, 0.1) is 23.7 Å². The summed E-state index contributed by atoms with van der Waals surface area (Å²) in [6.07, 6.45) is 0. The maximum absolute atomic E-state index is 12.1. The first-order valence-corrected chi connectivity index (χ1v) is 7.89. The largest absolute Gasteiger partial charge is 0.508 e. The van der Waals surface area contributed by atoms with Gasteiger partial charge in [-0.1, -0.05) is 11.8 Å². The number of hydroxylamine groups is 1. The molecular weight excluding hydrogens is 346 g/mol. The molecule has 0 bridgehead atoms. The first-order valence-electron chi connectivity index (χ1n) is 7.89. The Morgan fingerprint density at radius 1 is 0.963 bits per heavy atom. The van der Waals surface area contributed by atoms with E-state index in [1.165, 1.54) is 5.48 Å². The third-order valence-corrected chi connectivity index (χ3v) is 3.46. The van der Waals surface area contributed by atoms with E-state index >= 15 is 0 Å². The van der Waals surface area contributed by atoms with E-state index in [1.807, 2.05) is 0 Å². The molecule has 1 atom stereocenters. The van der Waals surface area contributed by atoms with E-state index in [4.69, 9.17) is 10.9 Å². The van der Waals surface area contributed by atoms with Crippen molar-refractivity contribution in [1.29, 1.82) is 0 Å². The van der Waals surface area contributed by atoms with Gasteiger partial charge in [-0.3, -0.25) is 14.8 Å². The van der Waals surface area contributed by atoms with Crippen LogP contribution in [-0.4, -0.2) is 34.7 Å².